The van der Waals surface area contributed by atoms with Crippen molar-refractivity contribution in [2.75, 3.05) is 29.9 Å². The molecule has 2 aromatic heterocycles. The minimum absolute atomic E-state index is 0.0291. The Bertz CT molecular complexity index is 1450. The first-order valence-corrected chi connectivity index (χ1v) is 14.5. The third kappa shape index (κ3) is 6.55. The first-order chi connectivity index (χ1) is 16.3. The molecule has 0 saturated heterocycles. The summed E-state index contributed by atoms with van der Waals surface area (Å²) >= 11 is 0. The molecule has 3 N–H and O–H groups in total. The van der Waals surface area contributed by atoms with E-state index in [1.165, 1.54) is 12.1 Å². The maximum absolute atomic E-state index is 13.3. The average molecular weight is 527 g/mol. The molecule has 1 amide bonds. The summed E-state index contributed by atoms with van der Waals surface area (Å²) in [5.41, 5.74) is 7.01. The van der Waals surface area contributed by atoms with Gasteiger partial charge >= 0.3 is 0 Å². The van der Waals surface area contributed by atoms with Gasteiger partial charge < -0.3 is 10.2 Å². The lowest BCUT2D eigenvalue weighted by atomic mass is 10.0. The topological polar surface area (TPSA) is 153 Å². The number of benzene rings is 1. The number of primary amides is 1. The lowest BCUT2D eigenvalue weighted by Crippen LogP contribution is -2.34. The Hall–Kier alpha value is -3.03. The van der Waals surface area contributed by atoms with E-state index < -0.39 is 31.8 Å². The fourth-order valence-electron chi connectivity index (χ4n) is 3.67. The summed E-state index contributed by atoms with van der Waals surface area (Å²) in [4.78, 5) is 16.7. The van der Waals surface area contributed by atoms with Gasteiger partial charge in [-0.05, 0) is 42.2 Å². The molecular formula is C22H27FN4O6S2. The lowest BCUT2D eigenvalue weighted by molar-refractivity contribution is 0.1000. The molecule has 35 heavy (non-hydrogen) atoms. The smallest absolute Gasteiger partial charge is 0.252 e. The Kier molecular flexibility index (Phi) is 7.82. The molecule has 3 aromatic rings. The normalized spacial score (nSPS) is 12.2. The van der Waals surface area contributed by atoms with Crippen LogP contribution in [0, 0.1) is 5.82 Å². The van der Waals surface area contributed by atoms with Gasteiger partial charge in [-0.25, -0.2) is 25.9 Å². The number of aryl methyl sites for hydroxylation is 1. The lowest BCUT2D eigenvalue weighted by Gasteiger charge is -2.23. The fraction of sp³-hybridized carbons (Fsp3) is 0.364. The summed E-state index contributed by atoms with van der Waals surface area (Å²) in [5.74, 6) is -0.779. The number of pyridine rings is 1. The van der Waals surface area contributed by atoms with Crippen molar-refractivity contribution in [3.05, 3.63) is 58.6 Å². The monoisotopic (exact) mass is 526 g/mol. The van der Waals surface area contributed by atoms with Crippen LogP contribution in [0.15, 0.2) is 34.7 Å². The molecule has 0 unspecified atom stereocenters. The second-order valence-electron chi connectivity index (χ2n) is 8.10. The number of anilines is 1. The minimum Gasteiger partial charge on any atom is -0.441 e. The SMILES string of the molecule is CCc1cc2c(C(N)=O)c(Cc3ccc(F)cc3)oc2nc1N(CCCNS(C)(=O)=O)S(C)(=O)=O. The van der Waals surface area contributed by atoms with Crippen molar-refractivity contribution in [3.8, 4) is 0 Å². The molecule has 2 heterocycles. The number of halogens is 1. The van der Waals surface area contributed by atoms with Crippen LogP contribution in [0.3, 0.4) is 0 Å². The summed E-state index contributed by atoms with van der Waals surface area (Å²) in [6.45, 7) is 1.82. The van der Waals surface area contributed by atoms with Crippen LogP contribution < -0.4 is 14.8 Å². The molecule has 0 spiro atoms. The van der Waals surface area contributed by atoms with Crippen LogP contribution in [-0.4, -0.2) is 53.3 Å². The number of rotatable bonds is 11. The minimum atomic E-state index is -3.78. The number of carbonyl (C=O) groups excluding carboxylic acids is 1. The number of fused-ring (bicyclic) bond motifs is 1. The summed E-state index contributed by atoms with van der Waals surface area (Å²) in [6, 6.07) is 7.31. The zero-order valence-corrected chi connectivity index (χ0v) is 21.2. The van der Waals surface area contributed by atoms with Gasteiger partial charge in [0, 0.05) is 19.5 Å². The average Bonchev–Trinajstić information content (AvgIpc) is 3.09. The quantitative estimate of drug-likeness (QED) is 0.362. The van der Waals surface area contributed by atoms with Gasteiger partial charge in [-0.3, -0.25) is 9.10 Å². The second-order valence-corrected chi connectivity index (χ2v) is 11.8. The van der Waals surface area contributed by atoms with Gasteiger partial charge in [-0.15, -0.1) is 0 Å². The van der Waals surface area contributed by atoms with Crippen molar-refractivity contribution in [2.45, 2.75) is 26.2 Å². The molecule has 0 fully saturated rings. The van der Waals surface area contributed by atoms with E-state index in [0.717, 1.165) is 16.8 Å². The third-order valence-electron chi connectivity index (χ3n) is 5.26. The molecule has 0 radical (unpaired) electrons. The zero-order valence-electron chi connectivity index (χ0n) is 19.5. The summed E-state index contributed by atoms with van der Waals surface area (Å²) in [5, 5.41) is 0.349. The summed E-state index contributed by atoms with van der Waals surface area (Å²) in [6.07, 6.45) is 2.78. The van der Waals surface area contributed by atoms with E-state index in [4.69, 9.17) is 10.2 Å². The highest BCUT2D eigenvalue weighted by atomic mass is 32.2. The van der Waals surface area contributed by atoms with E-state index in [1.54, 1.807) is 18.2 Å². The van der Waals surface area contributed by atoms with Gasteiger partial charge in [0.25, 0.3) is 5.91 Å². The third-order valence-corrected chi connectivity index (χ3v) is 7.14. The molecule has 13 heteroatoms. The van der Waals surface area contributed by atoms with E-state index in [2.05, 4.69) is 9.71 Å². The van der Waals surface area contributed by atoms with Crippen LogP contribution in [0.4, 0.5) is 10.2 Å². The van der Waals surface area contributed by atoms with Gasteiger partial charge in [0.2, 0.25) is 25.8 Å². The Morgan fingerprint density at radius 2 is 1.83 bits per heavy atom. The summed E-state index contributed by atoms with van der Waals surface area (Å²) in [7, 11) is -7.20. The highest BCUT2D eigenvalue weighted by Crippen LogP contribution is 2.32. The number of hydrogen-bond donors (Lipinski definition) is 2. The number of nitrogens with two attached hydrogens (primary N) is 1. The van der Waals surface area contributed by atoms with E-state index in [1.807, 2.05) is 6.92 Å². The number of carbonyl (C=O) groups is 1. The first kappa shape index (κ1) is 26.6. The second kappa shape index (κ2) is 10.3. The largest absolute Gasteiger partial charge is 0.441 e. The predicted octanol–water partition coefficient (Wildman–Crippen LogP) is 1.92. The molecule has 190 valence electrons. The van der Waals surface area contributed by atoms with Gasteiger partial charge in [-0.1, -0.05) is 19.1 Å². The maximum Gasteiger partial charge on any atom is 0.252 e. The van der Waals surface area contributed by atoms with Gasteiger partial charge in [0.1, 0.15) is 17.4 Å². The Morgan fingerprint density at radius 3 is 2.37 bits per heavy atom. The van der Waals surface area contributed by atoms with Crippen molar-refractivity contribution in [1.29, 1.82) is 0 Å². The zero-order chi connectivity index (χ0) is 26.0. The Balaban J connectivity index is 2.06. The van der Waals surface area contributed by atoms with Gasteiger partial charge in [-0.2, -0.15) is 4.98 Å². The number of aromatic nitrogens is 1. The molecule has 0 aliphatic heterocycles. The van der Waals surface area contributed by atoms with Gasteiger partial charge in [0.15, 0.2) is 0 Å². The van der Waals surface area contributed by atoms with E-state index in [9.17, 15) is 26.0 Å². The molecule has 1 aromatic carbocycles. The number of nitrogens with one attached hydrogen (secondary N) is 1. The van der Waals surface area contributed by atoms with Crippen LogP contribution in [0.2, 0.25) is 0 Å². The molecule has 3 rings (SSSR count). The van der Waals surface area contributed by atoms with Crippen LogP contribution in [0.1, 0.15) is 40.6 Å². The standard InChI is InChI=1S/C22H27FN4O6S2/c1-4-15-13-17-19(20(24)28)18(12-14-6-8-16(23)9-7-14)33-22(17)26-21(15)27(35(3,31)32)11-5-10-25-34(2,29)30/h6-9,13,25H,4-5,10-12H2,1-3H3,(H2,24,28). The predicted molar refractivity (Wildman–Crippen MR) is 131 cm³/mol. The van der Waals surface area contributed by atoms with Crippen LogP contribution >= 0.6 is 0 Å². The Labute approximate surface area is 203 Å². The number of amides is 1. The van der Waals surface area contributed by atoms with Crippen molar-refractivity contribution in [2.24, 2.45) is 5.73 Å². The molecular weight excluding hydrogens is 499 g/mol. The molecule has 10 nitrogen and oxygen atoms in total. The Morgan fingerprint density at radius 1 is 1.17 bits per heavy atom. The van der Waals surface area contributed by atoms with E-state index >= 15 is 0 Å². The highest BCUT2D eigenvalue weighted by Gasteiger charge is 2.26. The first-order valence-electron chi connectivity index (χ1n) is 10.7. The number of sulfonamides is 2. The van der Waals surface area contributed by atoms with Crippen molar-refractivity contribution >= 4 is 42.9 Å². The van der Waals surface area contributed by atoms with Crippen molar-refractivity contribution in [3.63, 3.8) is 0 Å². The van der Waals surface area contributed by atoms with Crippen molar-refractivity contribution in [1.82, 2.24) is 9.71 Å². The van der Waals surface area contributed by atoms with Crippen LogP contribution in [-0.2, 0) is 32.9 Å². The van der Waals surface area contributed by atoms with Crippen LogP contribution in [0.25, 0.3) is 11.1 Å². The van der Waals surface area contributed by atoms with E-state index in [0.29, 0.717) is 22.9 Å². The molecule has 0 atom stereocenters. The summed E-state index contributed by atoms with van der Waals surface area (Å²) < 4.78 is 70.3. The van der Waals surface area contributed by atoms with Crippen LogP contribution in [0.5, 0.6) is 0 Å². The molecule has 0 aliphatic rings. The van der Waals surface area contributed by atoms with Gasteiger partial charge in [0.05, 0.1) is 23.5 Å². The fourth-order valence-corrected chi connectivity index (χ4v) is 5.12. The molecule has 0 saturated carbocycles. The molecule has 0 aliphatic carbocycles. The van der Waals surface area contributed by atoms with E-state index in [-0.39, 0.29) is 48.8 Å². The molecule has 0 bridgehead atoms. The maximum atomic E-state index is 13.3. The van der Waals surface area contributed by atoms with Crippen molar-refractivity contribution < 1.29 is 30.4 Å². The highest BCUT2D eigenvalue weighted by molar-refractivity contribution is 7.92. The number of nitrogens with zero attached hydrogens (tertiary/aromatic N) is 2. The number of furan rings is 1. The number of hydrogen-bond acceptors (Lipinski definition) is 7.